The maximum Gasteiger partial charge on any atom is 0.191 e. The van der Waals surface area contributed by atoms with Crippen LogP contribution in [-0.2, 0) is 13.1 Å². The second-order valence-corrected chi connectivity index (χ2v) is 4.30. The molecule has 1 aromatic heterocycles. The number of hydrazine groups is 1. The van der Waals surface area contributed by atoms with Gasteiger partial charge in [0.1, 0.15) is 5.69 Å². The normalized spacial score (nSPS) is 15.1. The summed E-state index contributed by atoms with van der Waals surface area (Å²) in [7, 11) is 1.64. The summed E-state index contributed by atoms with van der Waals surface area (Å²) in [5.74, 6) is 11.3. The molecule has 0 aromatic carbocycles. The van der Waals surface area contributed by atoms with Crippen LogP contribution in [0.5, 0.6) is 0 Å². The van der Waals surface area contributed by atoms with Crippen molar-refractivity contribution in [3.63, 3.8) is 0 Å². The van der Waals surface area contributed by atoms with Gasteiger partial charge in [0.2, 0.25) is 0 Å². The highest BCUT2D eigenvalue weighted by Crippen LogP contribution is 2.23. The van der Waals surface area contributed by atoms with Gasteiger partial charge in [-0.1, -0.05) is 25.4 Å². The van der Waals surface area contributed by atoms with E-state index in [4.69, 9.17) is 23.3 Å². The first kappa shape index (κ1) is 15.7. The monoisotopic (exact) mass is 287 g/mol. The third kappa shape index (κ3) is 3.37. The molecule has 0 fully saturated rings. The summed E-state index contributed by atoms with van der Waals surface area (Å²) in [4.78, 5) is 0. The van der Waals surface area contributed by atoms with Gasteiger partial charge in [-0.15, -0.1) is 0 Å². The van der Waals surface area contributed by atoms with E-state index in [1.165, 1.54) is 5.01 Å². The minimum atomic E-state index is 0.371. The molecule has 8 heteroatoms. The number of nitrogens with two attached hydrogens (primary N) is 2. The Morgan fingerprint density at radius 3 is 2.79 bits per heavy atom. The van der Waals surface area contributed by atoms with E-state index in [1.54, 1.807) is 7.05 Å². The quantitative estimate of drug-likeness (QED) is 0.302. The number of rotatable bonds is 1. The maximum absolute atomic E-state index is 6.29. The molecule has 1 aliphatic heterocycles. The summed E-state index contributed by atoms with van der Waals surface area (Å²) < 4.78 is 1.88. The Balaban J connectivity index is 0.000000861. The lowest BCUT2D eigenvalue weighted by Crippen LogP contribution is -2.35. The van der Waals surface area contributed by atoms with Gasteiger partial charge >= 0.3 is 0 Å². The molecule has 0 saturated carbocycles. The predicted molar refractivity (Wildman–Crippen MR) is 77.6 cm³/mol. The Morgan fingerprint density at radius 1 is 1.53 bits per heavy atom. The molecule has 19 heavy (non-hydrogen) atoms. The molecule has 1 aliphatic rings. The molecule has 0 radical (unpaired) electrons. The first-order chi connectivity index (χ1) is 9.15. The van der Waals surface area contributed by atoms with Crippen molar-refractivity contribution in [2.45, 2.75) is 33.4 Å². The molecule has 0 unspecified atom stereocenters. The standard InChI is InChI=1S/C9H16ClN7.C2H6/c1-16(12)9(14-11)8-7(10)6-5-13-3-2-4-17(6)15-8;1-2/h13H,2-5,11-12H2,1H3;1-2H3/b14-9-;. The fourth-order valence-corrected chi connectivity index (χ4v) is 2.14. The molecule has 0 atom stereocenters. The number of aryl methyl sites for hydroxylation is 1. The average molecular weight is 288 g/mol. The topological polar surface area (TPSA) is 97.5 Å². The molecule has 108 valence electrons. The van der Waals surface area contributed by atoms with Gasteiger partial charge in [-0.05, 0) is 13.0 Å². The molecule has 2 heterocycles. The average Bonchev–Trinajstić information content (AvgIpc) is 2.59. The predicted octanol–water partition coefficient (Wildman–Crippen LogP) is 0.482. The third-order valence-corrected chi connectivity index (χ3v) is 3.07. The van der Waals surface area contributed by atoms with Crippen LogP contribution in [0.3, 0.4) is 0 Å². The maximum atomic E-state index is 6.29. The molecule has 0 amide bonds. The van der Waals surface area contributed by atoms with E-state index >= 15 is 0 Å². The van der Waals surface area contributed by atoms with Crippen LogP contribution in [0.15, 0.2) is 5.10 Å². The van der Waals surface area contributed by atoms with Gasteiger partial charge in [-0.2, -0.15) is 10.2 Å². The van der Waals surface area contributed by atoms with Gasteiger partial charge in [-0.25, -0.2) is 5.84 Å². The van der Waals surface area contributed by atoms with Crippen LogP contribution in [0.4, 0.5) is 0 Å². The zero-order valence-corrected chi connectivity index (χ0v) is 12.4. The molecule has 1 aromatic rings. The number of hydrogen-bond acceptors (Lipinski definition) is 5. The lowest BCUT2D eigenvalue weighted by Gasteiger charge is -2.12. The van der Waals surface area contributed by atoms with Crippen LogP contribution >= 0.6 is 11.6 Å². The molecule has 2 rings (SSSR count). The minimum Gasteiger partial charge on any atom is -0.321 e. The lowest BCUT2D eigenvalue weighted by atomic mass is 10.3. The van der Waals surface area contributed by atoms with Crippen LogP contribution in [0, 0.1) is 0 Å². The van der Waals surface area contributed by atoms with E-state index < -0.39 is 0 Å². The molecule has 0 bridgehead atoms. The summed E-state index contributed by atoms with van der Waals surface area (Å²) in [5, 5.41) is 13.2. The fourth-order valence-electron chi connectivity index (χ4n) is 1.85. The third-order valence-electron chi connectivity index (χ3n) is 2.68. The van der Waals surface area contributed by atoms with Crippen molar-refractivity contribution in [3.05, 3.63) is 16.4 Å². The molecule has 0 aliphatic carbocycles. The van der Waals surface area contributed by atoms with Crippen molar-refractivity contribution in [2.24, 2.45) is 16.8 Å². The molecule has 7 nitrogen and oxygen atoms in total. The van der Waals surface area contributed by atoms with E-state index in [2.05, 4.69) is 15.5 Å². The fraction of sp³-hybridized carbons (Fsp3) is 0.636. The van der Waals surface area contributed by atoms with Crippen molar-refractivity contribution in [1.82, 2.24) is 20.1 Å². The van der Waals surface area contributed by atoms with Gasteiger partial charge in [0.25, 0.3) is 0 Å². The zero-order valence-electron chi connectivity index (χ0n) is 11.6. The number of hydrazone groups is 1. The van der Waals surface area contributed by atoms with E-state index in [9.17, 15) is 0 Å². The van der Waals surface area contributed by atoms with Crippen LogP contribution in [0.1, 0.15) is 31.7 Å². The van der Waals surface area contributed by atoms with Crippen molar-refractivity contribution < 1.29 is 0 Å². The van der Waals surface area contributed by atoms with Gasteiger partial charge < -0.3 is 11.2 Å². The summed E-state index contributed by atoms with van der Waals surface area (Å²) >= 11 is 6.29. The number of nitrogens with zero attached hydrogens (tertiary/aromatic N) is 4. The van der Waals surface area contributed by atoms with E-state index in [1.807, 2.05) is 18.5 Å². The zero-order chi connectivity index (χ0) is 14.4. The highest BCUT2D eigenvalue weighted by molar-refractivity contribution is 6.34. The second-order valence-electron chi connectivity index (χ2n) is 3.93. The minimum absolute atomic E-state index is 0.371. The summed E-state index contributed by atoms with van der Waals surface area (Å²) in [5.41, 5.74) is 1.47. The Kier molecular flexibility index (Phi) is 6.07. The molecule has 0 saturated heterocycles. The second kappa shape index (κ2) is 7.32. The van der Waals surface area contributed by atoms with Gasteiger partial charge in [0.05, 0.1) is 10.7 Å². The van der Waals surface area contributed by atoms with Crippen molar-refractivity contribution in [2.75, 3.05) is 13.6 Å². The van der Waals surface area contributed by atoms with Crippen molar-refractivity contribution in [1.29, 1.82) is 0 Å². The highest BCUT2D eigenvalue weighted by Gasteiger charge is 2.22. The molecular weight excluding hydrogens is 266 g/mol. The number of aromatic nitrogens is 2. The largest absolute Gasteiger partial charge is 0.321 e. The summed E-state index contributed by atoms with van der Waals surface area (Å²) in [6, 6.07) is 0. The number of hydrogen-bond donors (Lipinski definition) is 3. The lowest BCUT2D eigenvalue weighted by molar-refractivity contribution is 0.531. The molecular formula is C11H22ClN7. The van der Waals surface area contributed by atoms with Crippen LogP contribution in [0.2, 0.25) is 5.02 Å². The first-order valence-corrected chi connectivity index (χ1v) is 6.75. The van der Waals surface area contributed by atoms with Gasteiger partial charge in [0.15, 0.2) is 5.84 Å². The molecule has 0 spiro atoms. The number of amidine groups is 1. The van der Waals surface area contributed by atoms with E-state index in [-0.39, 0.29) is 0 Å². The highest BCUT2D eigenvalue weighted by atomic mass is 35.5. The Labute approximate surface area is 118 Å². The Hall–Kier alpha value is -1.31. The molecule has 5 N–H and O–H groups in total. The SMILES string of the molecule is CC.CN(N)/C(=N\N)c1nn2c(c1Cl)CNCCC2. The number of halogens is 1. The Morgan fingerprint density at radius 2 is 2.21 bits per heavy atom. The smallest absolute Gasteiger partial charge is 0.191 e. The van der Waals surface area contributed by atoms with Crippen molar-refractivity contribution in [3.8, 4) is 0 Å². The Bertz CT molecular complexity index is 438. The first-order valence-electron chi connectivity index (χ1n) is 6.37. The van der Waals surface area contributed by atoms with Crippen LogP contribution in [-0.4, -0.2) is 34.2 Å². The van der Waals surface area contributed by atoms with Crippen molar-refractivity contribution >= 4 is 17.4 Å². The van der Waals surface area contributed by atoms with E-state index in [0.717, 1.165) is 25.2 Å². The summed E-state index contributed by atoms with van der Waals surface area (Å²) in [6.45, 7) is 6.48. The van der Waals surface area contributed by atoms with Crippen LogP contribution < -0.4 is 17.0 Å². The van der Waals surface area contributed by atoms with E-state index in [0.29, 0.717) is 23.1 Å². The number of nitrogens with one attached hydrogen (secondary N) is 1. The number of fused-ring (bicyclic) bond motifs is 1. The van der Waals surface area contributed by atoms with Gasteiger partial charge in [-0.3, -0.25) is 9.69 Å². The summed E-state index contributed by atoms with van der Waals surface area (Å²) in [6.07, 6.45) is 1.01. The van der Waals surface area contributed by atoms with Gasteiger partial charge in [0, 0.05) is 20.1 Å². The van der Waals surface area contributed by atoms with Crippen LogP contribution in [0.25, 0.3) is 0 Å².